The first-order valence-corrected chi connectivity index (χ1v) is 7.65. The molecule has 0 unspecified atom stereocenters. The maximum absolute atomic E-state index is 12.6. The third-order valence-electron chi connectivity index (χ3n) is 3.89. The molecule has 0 aromatic heterocycles. The van der Waals surface area contributed by atoms with Gasteiger partial charge in [-0.3, -0.25) is 14.4 Å². The second-order valence-corrected chi connectivity index (χ2v) is 5.77. The number of fused-ring (bicyclic) bond motifs is 1. The van der Waals surface area contributed by atoms with E-state index in [0.29, 0.717) is 22.4 Å². The van der Waals surface area contributed by atoms with E-state index in [1.54, 1.807) is 37.3 Å². The van der Waals surface area contributed by atoms with Gasteiger partial charge < -0.3 is 4.74 Å². The van der Waals surface area contributed by atoms with Gasteiger partial charge in [-0.2, -0.15) is 0 Å². The Bertz CT molecular complexity index is 881. The number of esters is 1. The third-order valence-corrected chi connectivity index (χ3v) is 3.89. The molecule has 0 saturated heterocycles. The molecule has 1 aliphatic rings. The monoisotopic (exact) mass is 337 g/mol. The van der Waals surface area contributed by atoms with Crippen LogP contribution in [0.3, 0.4) is 0 Å². The molecule has 0 atom stereocenters. The lowest BCUT2D eigenvalue weighted by Gasteiger charge is -2.17. The summed E-state index contributed by atoms with van der Waals surface area (Å²) >= 11 is 0. The lowest BCUT2D eigenvalue weighted by molar-refractivity contribution is -0.120. The molecular weight excluding hydrogens is 322 g/mol. The minimum absolute atomic E-state index is 0.165. The van der Waals surface area contributed by atoms with Crippen LogP contribution in [-0.4, -0.2) is 30.2 Å². The number of imide groups is 1. The molecular formula is C19H15NO5. The normalized spacial score (nSPS) is 13.0. The summed E-state index contributed by atoms with van der Waals surface area (Å²) in [4.78, 5) is 49.3. The van der Waals surface area contributed by atoms with Crippen molar-refractivity contribution in [2.45, 2.75) is 13.8 Å². The fourth-order valence-corrected chi connectivity index (χ4v) is 2.64. The molecule has 1 heterocycles. The fraction of sp³-hybridized carbons (Fsp3) is 0.158. The van der Waals surface area contributed by atoms with Crippen LogP contribution >= 0.6 is 0 Å². The quantitative estimate of drug-likeness (QED) is 0.633. The Hall–Kier alpha value is -3.28. The van der Waals surface area contributed by atoms with Gasteiger partial charge in [-0.25, -0.2) is 9.69 Å². The summed E-state index contributed by atoms with van der Waals surface area (Å²) in [6.45, 7) is 2.73. The van der Waals surface area contributed by atoms with E-state index in [1.807, 2.05) is 0 Å². The van der Waals surface area contributed by atoms with Crippen LogP contribution in [-0.2, 0) is 9.53 Å². The number of rotatable bonds is 4. The molecule has 126 valence electrons. The number of Topliss-reactive ketones (excluding diaryl/α,β-unsaturated/α-hetero) is 1. The number of anilines is 1. The summed E-state index contributed by atoms with van der Waals surface area (Å²) in [7, 11) is 0. The molecule has 0 aliphatic carbocycles. The van der Waals surface area contributed by atoms with E-state index in [2.05, 4.69) is 0 Å². The smallest absolute Gasteiger partial charge is 0.338 e. The number of amides is 2. The maximum atomic E-state index is 12.6. The molecule has 3 rings (SSSR count). The average Bonchev–Trinajstić information content (AvgIpc) is 2.85. The summed E-state index contributed by atoms with van der Waals surface area (Å²) < 4.78 is 4.89. The second kappa shape index (κ2) is 6.32. The molecule has 2 aromatic rings. The van der Waals surface area contributed by atoms with Crippen molar-refractivity contribution in [1.29, 1.82) is 0 Å². The van der Waals surface area contributed by atoms with Crippen LogP contribution in [0.5, 0.6) is 0 Å². The minimum atomic E-state index is -0.687. The predicted molar refractivity (Wildman–Crippen MR) is 89.7 cm³/mol. The number of nitrogens with zero attached hydrogens (tertiary/aromatic N) is 1. The zero-order chi connectivity index (χ0) is 18.1. The van der Waals surface area contributed by atoms with Crippen LogP contribution in [0.25, 0.3) is 0 Å². The summed E-state index contributed by atoms with van der Waals surface area (Å²) in [5, 5.41) is 0. The molecule has 0 radical (unpaired) electrons. The molecule has 0 bridgehead atoms. The van der Waals surface area contributed by atoms with Crippen molar-refractivity contribution < 1.29 is 23.9 Å². The number of aryl methyl sites for hydroxylation is 1. The largest absolute Gasteiger partial charge is 0.454 e. The van der Waals surface area contributed by atoms with Gasteiger partial charge in [0.25, 0.3) is 11.8 Å². The number of hydrogen-bond donors (Lipinski definition) is 0. The lowest BCUT2D eigenvalue weighted by Crippen LogP contribution is -2.30. The number of ether oxygens (including phenoxy) is 1. The molecule has 2 aromatic carbocycles. The molecule has 0 spiro atoms. The van der Waals surface area contributed by atoms with E-state index in [-0.39, 0.29) is 18.0 Å². The van der Waals surface area contributed by atoms with Gasteiger partial charge >= 0.3 is 5.97 Å². The van der Waals surface area contributed by atoms with Crippen LogP contribution in [0.1, 0.15) is 43.6 Å². The third kappa shape index (κ3) is 2.94. The summed E-state index contributed by atoms with van der Waals surface area (Å²) in [6.07, 6.45) is 0. The van der Waals surface area contributed by atoms with Gasteiger partial charge in [0.15, 0.2) is 5.78 Å². The van der Waals surface area contributed by atoms with Crippen LogP contribution in [0, 0.1) is 6.92 Å². The van der Waals surface area contributed by atoms with Crippen molar-refractivity contribution in [1.82, 2.24) is 0 Å². The number of hydrogen-bond acceptors (Lipinski definition) is 5. The second-order valence-electron chi connectivity index (χ2n) is 5.77. The number of carbonyl (C=O) groups excluding carboxylic acids is 4. The topological polar surface area (TPSA) is 80.8 Å². The van der Waals surface area contributed by atoms with Crippen LogP contribution < -0.4 is 4.90 Å². The summed E-state index contributed by atoms with van der Waals surface area (Å²) in [6, 6.07) is 11.2. The first-order chi connectivity index (χ1) is 11.9. The van der Waals surface area contributed by atoms with Crippen LogP contribution in [0.4, 0.5) is 5.69 Å². The summed E-state index contributed by atoms with van der Waals surface area (Å²) in [5.74, 6) is -1.83. The summed E-state index contributed by atoms with van der Waals surface area (Å²) in [5.41, 5.74) is 1.81. The van der Waals surface area contributed by atoms with Crippen molar-refractivity contribution in [3.05, 3.63) is 64.7 Å². The van der Waals surface area contributed by atoms with E-state index >= 15 is 0 Å². The molecule has 2 amide bonds. The van der Waals surface area contributed by atoms with Crippen molar-refractivity contribution in [2.75, 3.05) is 11.5 Å². The molecule has 0 saturated carbocycles. The molecule has 6 heteroatoms. The van der Waals surface area contributed by atoms with E-state index in [9.17, 15) is 19.2 Å². The van der Waals surface area contributed by atoms with E-state index < -0.39 is 17.8 Å². The molecule has 1 aliphatic heterocycles. The van der Waals surface area contributed by atoms with Gasteiger partial charge in [0, 0.05) is 0 Å². The molecule has 25 heavy (non-hydrogen) atoms. The fourth-order valence-electron chi connectivity index (χ4n) is 2.64. The maximum Gasteiger partial charge on any atom is 0.338 e. The van der Waals surface area contributed by atoms with Gasteiger partial charge in [0.2, 0.25) is 0 Å². The van der Waals surface area contributed by atoms with Crippen molar-refractivity contribution >= 4 is 29.3 Å². The van der Waals surface area contributed by atoms with E-state index in [0.717, 1.165) is 4.90 Å². The van der Waals surface area contributed by atoms with Crippen molar-refractivity contribution in [3.8, 4) is 0 Å². The van der Waals surface area contributed by atoms with Gasteiger partial charge in [-0.1, -0.05) is 18.2 Å². The van der Waals surface area contributed by atoms with E-state index in [4.69, 9.17) is 4.74 Å². The Morgan fingerprint density at radius 2 is 1.60 bits per heavy atom. The highest BCUT2D eigenvalue weighted by Gasteiger charge is 2.37. The standard InChI is InChI=1S/C19H15NO5/c1-11-7-8-13(19(24)25-10-12(2)21)9-16(11)20-17(22)14-5-3-4-6-15(14)18(20)23/h3-9H,10H2,1-2H3. The van der Waals surface area contributed by atoms with E-state index in [1.165, 1.54) is 19.1 Å². The molecule has 0 N–H and O–H groups in total. The highest BCUT2D eigenvalue weighted by Crippen LogP contribution is 2.31. The Morgan fingerprint density at radius 3 is 2.16 bits per heavy atom. The van der Waals surface area contributed by atoms with Crippen LogP contribution in [0.15, 0.2) is 42.5 Å². The Balaban J connectivity index is 1.97. The van der Waals surface area contributed by atoms with Gasteiger partial charge in [0.1, 0.15) is 6.61 Å². The predicted octanol–water partition coefficient (Wildman–Crippen LogP) is 2.54. The number of carbonyl (C=O) groups is 4. The lowest BCUT2D eigenvalue weighted by atomic mass is 10.1. The molecule has 6 nitrogen and oxygen atoms in total. The highest BCUT2D eigenvalue weighted by molar-refractivity contribution is 6.34. The first-order valence-electron chi connectivity index (χ1n) is 7.65. The van der Waals surface area contributed by atoms with Gasteiger partial charge in [0.05, 0.1) is 22.4 Å². The Kier molecular flexibility index (Phi) is 4.19. The number of benzene rings is 2. The van der Waals surface area contributed by atoms with Crippen LogP contribution in [0.2, 0.25) is 0 Å². The van der Waals surface area contributed by atoms with Gasteiger partial charge in [-0.15, -0.1) is 0 Å². The number of ketones is 1. The molecule has 0 fully saturated rings. The Morgan fingerprint density at radius 1 is 1.00 bits per heavy atom. The van der Waals surface area contributed by atoms with Crippen molar-refractivity contribution in [2.24, 2.45) is 0 Å². The van der Waals surface area contributed by atoms with Gasteiger partial charge in [-0.05, 0) is 43.7 Å². The van der Waals surface area contributed by atoms with Crippen molar-refractivity contribution in [3.63, 3.8) is 0 Å². The highest BCUT2D eigenvalue weighted by atomic mass is 16.5. The first kappa shape index (κ1) is 16.6. The zero-order valence-electron chi connectivity index (χ0n) is 13.7. The zero-order valence-corrected chi connectivity index (χ0v) is 13.7. The average molecular weight is 337 g/mol. The SMILES string of the molecule is CC(=O)COC(=O)c1ccc(C)c(N2C(=O)c3ccccc3C2=O)c1. The minimum Gasteiger partial charge on any atom is -0.454 e. The Labute approximate surface area is 144 Å².